The van der Waals surface area contributed by atoms with Gasteiger partial charge in [0.2, 0.25) is 5.69 Å². The lowest BCUT2D eigenvalue weighted by Gasteiger charge is -2.19. The normalized spacial score (nSPS) is 11.6. The second kappa shape index (κ2) is 6.05. The van der Waals surface area contributed by atoms with Crippen LogP contribution in [0.1, 0.15) is 31.3 Å². The number of rotatable bonds is 5. The van der Waals surface area contributed by atoms with Crippen LogP contribution in [-0.4, -0.2) is 40.1 Å². The molecule has 1 N–H and O–H groups in total. The third kappa shape index (κ3) is 3.88. The van der Waals surface area contributed by atoms with Gasteiger partial charge in [-0.2, -0.15) is 0 Å². The number of carbonyl (C=O) groups is 1. The van der Waals surface area contributed by atoms with Crippen molar-refractivity contribution < 1.29 is 19.4 Å². The van der Waals surface area contributed by atoms with Gasteiger partial charge < -0.3 is 14.6 Å². The van der Waals surface area contributed by atoms with E-state index in [0.29, 0.717) is 17.5 Å². The Morgan fingerprint density at radius 2 is 1.90 bits per heavy atom. The standard InChI is InChI=1S/C15H18N2O4/c1-15(2,3)21-9-8-20-13-10-6-4-5-7-11(10)16-17-12(13)14(18)19/h4-7H,8-9H2,1-3H3,(H,18,19). The van der Waals surface area contributed by atoms with E-state index in [0.717, 1.165) is 0 Å². The van der Waals surface area contributed by atoms with Crippen molar-refractivity contribution in [2.24, 2.45) is 0 Å². The number of fused-ring (bicyclic) bond motifs is 1. The number of ether oxygens (including phenoxy) is 2. The SMILES string of the molecule is CC(C)(C)OCCOc1c(C(=O)O)nnc2ccccc12. The monoisotopic (exact) mass is 290 g/mol. The van der Waals surface area contributed by atoms with Crippen LogP contribution in [0.5, 0.6) is 5.75 Å². The van der Waals surface area contributed by atoms with E-state index in [1.807, 2.05) is 26.8 Å². The maximum atomic E-state index is 11.2. The zero-order chi connectivity index (χ0) is 15.5. The van der Waals surface area contributed by atoms with Crippen molar-refractivity contribution in [3.63, 3.8) is 0 Å². The summed E-state index contributed by atoms with van der Waals surface area (Å²) in [7, 11) is 0. The second-order valence-corrected chi connectivity index (χ2v) is 5.51. The van der Waals surface area contributed by atoms with Gasteiger partial charge >= 0.3 is 5.97 Å². The van der Waals surface area contributed by atoms with Gasteiger partial charge in [0, 0.05) is 5.39 Å². The molecule has 2 aromatic rings. The number of benzene rings is 1. The van der Waals surface area contributed by atoms with Gasteiger partial charge in [0.15, 0.2) is 5.75 Å². The Morgan fingerprint density at radius 3 is 2.57 bits per heavy atom. The van der Waals surface area contributed by atoms with Gasteiger partial charge in [0.25, 0.3) is 0 Å². The summed E-state index contributed by atoms with van der Waals surface area (Å²) < 4.78 is 11.2. The molecule has 0 aliphatic carbocycles. The molecule has 6 heteroatoms. The fourth-order valence-corrected chi connectivity index (χ4v) is 1.81. The van der Waals surface area contributed by atoms with Crippen molar-refractivity contribution in [3.05, 3.63) is 30.0 Å². The highest BCUT2D eigenvalue weighted by Crippen LogP contribution is 2.26. The molecule has 0 saturated heterocycles. The van der Waals surface area contributed by atoms with E-state index >= 15 is 0 Å². The van der Waals surface area contributed by atoms with Gasteiger partial charge in [-0.05, 0) is 32.9 Å². The van der Waals surface area contributed by atoms with Gasteiger partial charge in [-0.3, -0.25) is 0 Å². The van der Waals surface area contributed by atoms with Gasteiger partial charge in [-0.25, -0.2) is 4.79 Å². The number of aromatic nitrogens is 2. The summed E-state index contributed by atoms with van der Waals surface area (Å²) in [5, 5.41) is 17.4. The number of nitrogens with zero attached hydrogens (tertiary/aromatic N) is 2. The van der Waals surface area contributed by atoms with E-state index in [1.54, 1.807) is 18.2 Å². The predicted molar refractivity (Wildman–Crippen MR) is 77.7 cm³/mol. The van der Waals surface area contributed by atoms with Crippen LogP contribution in [0.15, 0.2) is 24.3 Å². The first-order valence-electron chi connectivity index (χ1n) is 6.64. The average Bonchev–Trinajstić information content (AvgIpc) is 2.42. The van der Waals surface area contributed by atoms with Gasteiger partial charge in [0.05, 0.1) is 17.7 Å². The van der Waals surface area contributed by atoms with E-state index in [-0.39, 0.29) is 23.7 Å². The maximum Gasteiger partial charge on any atom is 0.360 e. The molecule has 0 spiro atoms. The number of aromatic carboxylic acids is 1. The van der Waals surface area contributed by atoms with Crippen molar-refractivity contribution in [2.75, 3.05) is 13.2 Å². The van der Waals surface area contributed by atoms with Crippen molar-refractivity contribution in [1.82, 2.24) is 10.2 Å². The summed E-state index contributed by atoms with van der Waals surface area (Å²) in [5.74, 6) is -0.939. The zero-order valence-electron chi connectivity index (χ0n) is 12.3. The van der Waals surface area contributed by atoms with Crippen molar-refractivity contribution >= 4 is 16.9 Å². The molecule has 0 fully saturated rings. The molecule has 0 aliphatic rings. The summed E-state index contributed by atoms with van der Waals surface area (Å²) >= 11 is 0. The molecular weight excluding hydrogens is 272 g/mol. The average molecular weight is 290 g/mol. The highest BCUT2D eigenvalue weighted by atomic mass is 16.5. The van der Waals surface area contributed by atoms with Crippen LogP contribution in [0.25, 0.3) is 10.9 Å². The summed E-state index contributed by atoms with van der Waals surface area (Å²) in [6.07, 6.45) is 0. The van der Waals surface area contributed by atoms with Crippen molar-refractivity contribution in [1.29, 1.82) is 0 Å². The zero-order valence-corrected chi connectivity index (χ0v) is 12.3. The second-order valence-electron chi connectivity index (χ2n) is 5.51. The van der Waals surface area contributed by atoms with Crippen LogP contribution in [0.4, 0.5) is 0 Å². The van der Waals surface area contributed by atoms with Crippen LogP contribution in [0.3, 0.4) is 0 Å². The number of carboxylic acids is 1. The van der Waals surface area contributed by atoms with E-state index in [1.165, 1.54) is 0 Å². The fraction of sp³-hybridized carbons (Fsp3) is 0.400. The molecule has 0 amide bonds. The van der Waals surface area contributed by atoms with Crippen LogP contribution in [-0.2, 0) is 4.74 Å². The van der Waals surface area contributed by atoms with Crippen LogP contribution >= 0.6 is 0 Å². The Kier molecular flexibility index (Phi) is 4.37. The lowest BCUT2D eigenvalue weighted by atomic mass is 10.2. The molecule has 0 atom stereocenters. The smallest absolute Gasteiger partial charge is 0.360 e. The summed E-state index contributed by atoms with van der Waals surface area (Å²) in [5.41, 5.74) is 0.135. The first-order chi connectivity index (χ1) is 9.88. The summed E-state index contributed by atoms with van der Waals surface area (Å²) in [6.45, 7) is 6.43. The molecule has 0 radical (unpaired) electrons. The van der Waals surface area contributed by atoms with Crippen molar-refractivity contribution in [3.8, 4) is 5.75 Å². The molecule has 0 saturated carbocycles. The number of hydrogen-bond donors (Lipinski definition) is 1. The summed E-state index contributed by atoms with van der Waals surface area (Å²) in [6, 6.07) is 7.13. The topological polar surface area (TPSA) is 81.5 Å². The molecule has 0 aliphatic heterocycles. The molecule has 1 heterocycles. The minimum absolute atomic E-state index is 0.190. The molecule has 1 aromatic heterocycles. The van der Waals surface area contributed by atoms with E-state index in [4.69, 9.17) is 9.47 Å². The number of carboxylic acid groups (broad SMARTS) is 1. The molecule has 21 heavy (non-hydrogen) atoms. The maximum absolute atomic E-state index is 11.2. The molecule has 0 bridgehead atoms. The van der Waals surface area contributed by atoms with Gasteiger partial charge in [-0.1, -0.05) is 12.1 Å². The third-order valence-electron chi connectivity index (χ3n) is 2.69. The largest absolute Gasteiger partial charge is 0.488 e. The highest BCUT2D eigenvalue weighted by Gasteiger charge is 2.18. The first kappa shape index (κ1) is 15.2. The third-order valence-corrected chi connectivity index (χ3v) is 2.69. The first-order valence-corrected chi connectivity index (χ1v) is 6.64. The molecule has 6 nitrogen and oxygen atoms in total. The van der Waals surface area contributed by atoms with E-state index in [9.17, 15) is 9.90 Å². The fourth-order valence-electron chi connectivity index (χ4n) is 1.81. The van der Waals surface area contributed by atoms with Crippen LogP contribution < -0.4 is 4.74 Å². The van der Waals surface area contributed by atoms with Crippen LogP contribution in [0.2, 0.25) is 0 Å². The predicted octanol–water partition coefficient (Wildman–Crippen LogP) is 2.52. The molecule has 2 rings (SSSR count). The summed E-state index contributed by atoms with van der Waals surface area (Å²) in [4.78, 5) is 11.2. The Balaban J connectivity index is 2.23. The van der Waals surface area contributed by atoms with Crippen molar-refractivity contribution in [2.45, 2.75) is 26.4 Å². The Bertz CT molecular complexity index is 650. The van der Waals surface area contributed by atoms with Gasteiger partial charge in [0.1, 0.15) is 6.61 Å². The van der Waals surface area contributed by atoms with E-state index in [2.05, 4.69) is 10.2 Å². The lowest BCUT2D eigenvalue weighted by Crippen LogP contribution is -2.23. The van der Waals surface area contributed by atoms with Gasteiger partial charge in [-0.15, -0.1) is 10.2 Å². The molecule has 0 unspecified atom stereocenters. The quantitative estimate of drug-likeness (QED) is 0.852. The molecule has 1 aromatic carbocycles. The Labute approximate surface area is 122 Å². The number of hydrogen-bond acceptors (Lipinski definition) is 5. The minimum Gasteiger partial charge on any atom is -0.488 e. The molecule has 112 valence electrons. The van der Waals surface area contributed by atoms with Crippen LogP contribution in [0, 0.1) is 0 Å². The Morgan fingerprint density at radius 1 is 1.19 bits per heavy atom. The lowest BCUT2D eigenvalue weighted by molar-refractivity contribution is -0.0163. The minimum atomic E-state index is -1.17. The van der Waals surface area contributed by atoms with E-state index < -0.39 is 5.97 Å². The molecular formula is C15H18N2O4. The Hall–Kier alpha value is -2.21. The highest BCUT2D eigenvalue weighted by molar-refractivity contribution is 5.96.